The Labute approximate surface area is 164 Å². The summed E-state index contributed by atoms with van der Waals surface area (Å²) in [5, 5.41) is 2.81. The van der Waals surface area contributed by atoms with E-state index in [0.29, 0.717) is 11.4 Å². The van der Waals surface area contributed by atoms with Crippen LogP contribution in [0.2, 0.25) is 0 Å². The van der Waals surface area contributed by atoms with E-state index in [9.17, 15) is 9.59 Å². The first-order valence-electron chi connectivity index (χ1n) is 9.66. The van der Waals surface area contributed by atoms with Crippen molar-refractivity contribution in [3.63, 3.8) is 0 Å². The summed E-state index contributed by atoms with van der Waals surface area (Å²) < 4.78 is 0. The van der Waals surface area contributed by atoms with E-state index in [2.05, 4.69) is 15.2 Å². The maximum absolute atomic E-state index is 12.5. The normalized spacial score (nSPS) is 13.9. The van der Waals surface area contributed by atoms with Crippen LogP contribution in [0.3, 0.4) is 0 Å². The number of anilines is 2. The number of piperidine rings is 1. The van der Waals surface area contributed by atoms with Gasteiger partial charge >= 0.3 is 0 Å². The molecule has 3 aromatic rings. The summed E-state index contributed by atoms with van der Waals surface area (Å²) in [6.07, 6.45) is 3.74. The molecule has 2 heterocycles. The van der Waals surface area contributed by atoms with Crippen molar-refractivity contribution in [1.29, 1.82) is 0 Å². The first kappa shape index (κ1) is 18.0. The Balaban J connectivity index is 1.47. The van der Waals surface area contributed by atoms with Gasteiger partial charge < -0.3 is 15.2 Å². The second kappa shape index (κ2) is 8.13. The highest BCUT2D eigenvalue weighted by molar-refractivity contribution is 6.04. The van der Waals surface area contributed by atoms with E-state index in [1.165, 1.54) is 24.9 Å². The summed E-state index contributed by atoms with van der Waals surface area (Å²) in [7, 11) is 0. The number of carbonyl (C=O) groups excluding carboxylic acids is 1. The summed E-state index contributed by atoms with van der Waals surface area (Å²) in [4.78, 5) is 30.1. The van der Waals surface area contributed by atoms with Gasteiger partial charge in [0.2, 0.25) is 0 Å². The van der Waals surface area contributed by atoms with Crippen molar-refractivity contribution >= 4 is 17.3 Å². The van der Waals surface area contributed by atoms with Crippen molar-refractivity contribution in [2.75, 3.05) is 23.3 Å². The fourth-order valence-corrected chi connectivity index (χ4v) is 3.54. The molecular weight excluding hydrogens is 350 g/mol. The van der Waals surface area contributed by atoms with E-state index in [1.807, 2.05) is 54.6 Å². The van der Waals surface area contributed by atoms with Crippen molar-refractivity contribution in [3.8, 4) is 11.3 Å². The van der Waals surface area contributed by atoms with Gasteiger partial charge in [-0.15, -0.1) is 0 Å². The number of rotatable bonds is 4. The number of aromatic amines is 1. The van der Waals surface area contributed by atoms with Gasteiger partial charge in [0.05, 0.1) is 0 Å². The van der Waals surface area contributed by atoms with Crippen LogP contribution in [0.15, 0.2) is 71.5 Å². The lowest BCUT2D eigenvalue weighted by atomic mass is 10.1. The molecule has 1 fully saturated rings. The quantitative estimate of drug-likeness (QED) is 0.717. The molecule has 1 aromatic heterocycles. The van der Waals surface area contributed by atoms with E-state index >= 15 is 0 Å². The molecule has 1 saturated heterocycles. The molecule has 4 rings (SSSR count). The number of H-pyrrole nitrogens is 1. The molecule has 0 aliphatic carbocycles. The molecule has 142 valence electrons. The number of nitrogens with zero attached hydrogens (tertiary/aromatic N) is 1. The van der Waals surface area contributed by atoms with Crippen molar-refractivity contribution < 1.29 is 4.79 Å². The number of benzene rings is 2. The minimum absolute atomic E-state index is 0.0970. The largest absolute Gasteiger partial charge is 0.372 e. The van der Waals surface area contributed by atoms with Gasteiger partial charge in [-0.05, 0) is 61.2 Å². The lowest BCUT2D eigenvalue weighted by Gasteiger charge is -2.28. The Bertz CT molecular complexity index is 1000. The number of carbonyl (C=O) groups is 1. The van der Waals surface area contributed by atoms with Crippen LogP contribution in [-0.4, -0.2) is 24.0 Å². The average molecular weight is 373 g/mol. The molecule has 0 unspecified atom stereocenters. The molecule has 2 aromatic carbocycles. The topological polar surface area (TPSA) is 65.2 Å². The standard InChI is InChI=1S/C23H23N3O2/c27-22(20-13-14-21(25-23(20)28)17-7-3-1-4-8-17)24-18-9-11-19(12-10-18)26-15-5-2-6-16-26/h1,3-4,7-14H,2,5-6,15-16H2,(H,24,27)(H,25,28). The van der Waals surface area contributed by atoms with Crippen LogP contribution in [0, 0.1) is 0 Å². The summed E-state index contributed by atoms with van der Waals surface area (Å²) >= 11 is 0. The van der Waals surface area contributed by atoms with Gasteiger partial charge in [0.15, 0.2) is 0 Å². The number of hydrogen-bond donors (Lipinski definition) is 2. The van der Waals surface area contributed by atoms with Gasteiger partial charge in [0.25, 0.3) is 11.5 Å². The Morgan fingerprint density at radius 3 is 2.25 bits per heavy atom. The highest BCUT2D eigenvalue weighted by Gasteiger charge is 2.13. The van der Waals surface area contributed by atoms with Crippen LogP contribution in [0.5, 0.6) is 0 Å². The second-order valence-electron chi connectivity index (χ2n) is 7.03. The molecule has 2 N–H and O–H groups in total. The molecule has 1 aliphatic heterocycles. The molecule has 28 heavy (non-hydrogen) atoms. The number of aromatic nitrogens is 1. The van der Waals surface area contributed by atoms with Crippen LogP contribution >= 0.6 is 0 Å². The van der Waals surface area contributed by atoms with Crippen LogP contribution in [0.1, 0.15) is 29.6 Å². The first-order chi connectivity index (χ1) is 13.7. The molecule has 1 aliphatic rings. The van der Waals surface area contributed by atoms with E-state index in [1.54, 1.807) is 12.1 Å². The molecule has 1 amide bonds. The summed E-state index contributed by atoms with van der Waals surface area (Å²) in [5.41, 5.74) is 3.14. The Morgan fingerprint density at radius 2 is 1.57 bits per heavy atom. The maximum Gasteiger partial charge on any atom is 0.261 e. The third kappa shape index (κ3) is 3.98. The minimum atomic E-state index is -0.411. The maximum atomic E-state index is 12.5. The fourth-order valence-electron chi connectivity index (χ4n) is 3.54. The molecule has 0 saturated carbocycles. The summed E-state index contributed by atoms with van der Waals surface area (Å²) in [6.45, 7) is 2.16. The lowest BCUT2D eigenvalue weighted by molar-refractivity contribution is 0.102. The van der Waals surface area contributed by atoms with Gasteiger partial charge in [-0.1, -0.05) is 30.3 Å². The zero-order valence-corrected chi connectivity index (χ0v) is 15.7. The van der Waals surface area contributed by atoms with Crippen LogP contribution < -0.4 is 15.8 Å². The smallest absolute Gasteiger partial charge is 0.261 e. The minimum Gasteiger partial charge on any atom is -0.372 e. The number of nitrogens with one attached hydrogen (secondary N) is 2. The van der Waals surface area contributed by atoms with Crippen molar-refractivity contribution in [3.05, 3.63) is 82.6 Å². The fraction of sp³-hybridized carbons (Fsp3) is 0.217. The van der Waals surface area contributed by atoms with Crippen molar-refractivity contribution in [2.24, 2.45) is 0 Å². The van der Waals surface area contributed by atoms with Gasteiger partial charge in [0.1, 0.15) is 5.56 Å². The van der Waals surface area contributed by atoms with E-state index in [4.69, 9.17) is 0 Å². The summed E-state index contributed by atoms with van der Waals surface area (Å²) in [5.74, 6) is -0.411. The Kier molecular flexibility index (Phi) is 5.24. The molecule has 0 radical (unpaired) electrons. The Hall–Kier alpha value is -3.34. The molecule has 0 atom stereocenters. The van der Waals surface area contributed by atoms with E-state index in [-0.39, 0.29) is 5.56 Å². The zero-order chi connectivity index (χ0) is 19.3. The molecule has 0 bridgehead atoms. The monoisotopic (exact) mass is 373 g/mol. The molecular formula is C23H23N3O2. The highest BCUT2D eigenvalue weighted by atomic mass is 16.2. The number of hydrogen-bond acceptors (Lipinski definition) is 3. The van der Waals surface area contributed by atoms with Gasteiger partial charge in [-0.25, -0.2) is 0 Å². The number of amides is 1. The van der Waals surface area contributed by atoms with Crippen molar-refractivity contribution in [2.45, 2.75) is 19.3 Å². The van der Waals surface area contributed by atoms with E-state index < -0.39 is 11.5 Å². The third-order valence-corrected chi connectivity index (χ3v) is 5.09. The van der Waals surface area contributed by atoms with Gasteiger partial charge in [-0.3, -0.25) is 9.59 Å². The highest BCUT2D eigenvalue weighted by Crippen LogP contribution is 2.22. The summed E-state index contributed by atoms with van der Waals surface area (Å²) in [6, 6.07) is 20.7. The van der Waals surface area contributed by atoms with Crippen molar-refractivity contribution in [1.82, 2.24) is 4.98 Å². The van der Waals surface area contributed by atoms with E-state index in [0.717, 1.165) is 18.7 Å². The first-order valence-corrected chi connectivity index (χ1v) is 9.66. The second-order valence-corrected chi connectivity index (χ2v) is 7.03. The average Bonchev–Trinajstić information content (AvgIpc) is 2.75. The SMILES string of the molecule is O=C(Nc1ccc(N2CCCCC2)cc1)c1ccc(-c2ccccc2)[nH]c1=O. The number of pyridine rings is 1. The molecule has 0 spiro atoms. The van der Waals surface area contributed by atoms with Crippen LogP contribution in [-0.2, 0) is 0 Å². The Morgan fingerprint density at radius 1 is 0.857 bits per heavy atom. The predicted octanol–water partition coefficient (Wildman–Crippen LogP) is 4.28. The lowest BCUT2D eigenvalue weighted by Crippen LogP contribution is -2.29. The molecule has 5 heteroatoms. The predicted molar refractivity (Wildman–Crippen MR) is 113 cm³/mol. The van der Waals surface area contributed by atoms with Crippen LogP contribution in [0.25, 0.3) is 11.3 Å². The van der Waals surface area contributed by atoms with Gasteiger partial charge in [0, 0.05) is 30.2 Å². The third-order valence-electron chi connectivity index (χ3n) is 5.09. The van der Waals surface area contributed by atoms with Crippen LogP contribution in [0.4, 0.5) is 11.4 Å². The molecule has 5 nitrogen and oxygen atoms in total. The zero-order valence-electron chi connectivity index (χ0n) is 15.7. The van der Waals surface area contributed by atoms with Gasteiger partial charge in [-0.2, -0.15) is 0 Å².